The number of aromatic hydroxyl groups is 1. The van der Waals surface area contributed by atoms with Crippen molar-refractivity contribution in [3.63, 3.8) is 0 Å². The summed E-state index contributed by atoms with van der Waals surface area (Å²) in [5.41, 5.74) is 2.71. The molecule has 98 valence electrons. The lowest BCUT2D eigenvalue weighted by atomic mass is 10.1. The Balaban J connectivity index is 2.20. The molecule has 0 aromatic heterocycles. The summed E-state index contributed by atoms with van der Waals surface area (Å²) in [6.45, 7) is 3.67. The Kier molecular flexibility index (Phi) is 3.76. The lowest BCUT2D eigenvalue weighted by molar-refractivity contribution is 0.102. The molecule has 4 heteroatoms. The molecule has 0 aliphatic rings. The first-order valence-electron chi connectivity index (χ1n) is 5.84. The number of carbonyl (C=O) groups excluding carboxylic acids is 1. The van der Waals surface area contributed by atoms with Crippen molar-refractivity contribution in [1.29, 1.82) is 0 Å². The van der Waals surface area contributed by atoms with Crippen LogP contribution in [0.2, 0.25) is 5.02 Å². The number of rotatable bonds is 2. The maximum atomic E-state index is 12.0. The number of halogens is 1. The molecule has 2 aromatic carbocycles. The third-order valence-corrected chi connectivity index (χ3v) is 3.31. The number of nitrogens with one attached hydrogen (secondary N) is 1. The number of aryl methyl sites for hydroxylation is 2. The molecular weight excluding hydrogens is 262 g/mol. The fourth-order valence-electron chi connectivity index (χ4n) is 1.62. The highest BCUT2D eigenvalue weighted by molar-refractivity contribution is 6.31. The summed E-state index contributed by atoms with van der Waals surface area (Å²) in [6, 6.07) is 10.1. The van der Waals surface area contributed by atoms with Crippen LogP contribution in [0.3, 0.4) is 0 Å². The van der Waals surface area contributed by atoms with E-state index in [-0.39, 0.29) is 11.7 Å². The van der Waals surface area contributed by atoms with Gasteiger partial charge in [-0.3, -0.25) is 4.79 Å². The first-order chi connectivity index (χ1) is 8.97. The molecule has 2 N–H and O–H groups in total. The van der Waals surface area contributed by atoms with Crippen molar-refractivity contribution in [3.05, 3.63) is 58.1 Å². The van der Waals surface area contributed by atoms with Crippen LogP contribution in [-0.4, -0.2) is 11.0 Å². The molecule has 0 unspecified atom stereocenters. The summed E-state index contributed by atoms with van der Waals surface area (Å²) in [5.74, 6) is -0.107. The molecule has 1 amide bonds. The van der Waals surface area contributed by atoms with E-state index in [0.29, 0.717) is 16.3 Å². The highest BCUT2D eigenvalue weighted by atomic mass is 35.5. The monoisotopic (exact) mass is 275 g/mol. The van der Waals surface area contributed by atoms with Crippen molar-refractivity contribution in [2.45, 2.75) is 13.8 Å². The van der Waals surface area contributed by atoms with E-state index >= 15 is 0 Å². The van der Waals surface area contributed by atoms with Crippen molar-refractivity contribution in [1.82, 2.24) is 0 Å². The number of benzene rings is 2. The number of phenols is 1. The van der Waals surface area contributed by atoms with Gasteiger partial charge in [-0.1, -0.05) is 23.7 Å². The first kappa shape index (κ1) is 13.4. The molecular formula is C15H14ClNO2. The molecule has 0 radical (unpaired) electrons. The summed E-state index contributed by atoms with van der Waals surface area (Å²) in [6.07, 6.45) is 0. The van der Waals surface area contributed by atoms with Crippen LogP contribution in [0.4, 0.5) is 5.69 Å². The highest BCUT2D eigenvalue weighted by Crippen LogP contribution is 2.22. The van der Waals surface area contributed by atoms with Gasteiger partial charge in [0.15, 0.2) is 0 Å². The number of hydrogen-bond donors (Lipinski definition) is 2. The zero-order valence-corrected chi connectivity index (χ0v) is 11.5. The van der Waals surface area contributed by atoms with Gasteiger partial charge in [-0.2, -0.15) is 0 Å². The lowest BCUT2D eigenvalue weighted by Crippen LogP contribution is -2.11. The third-order valence-electron chi connectivity index (χ3n) is 2.90. The minimum Gasteiger partial charge on any atom is -0.508 e. The predicted octanol–water partition coefficient (Wildman–Crippen LogP) is 3.91. The molecule has 2 rings (SSSR count). The Labute approximate surface area is 116 Å². The van der Waals surface area contributed by atoms with Gasteiger partial charge in [-0.15, -0.1) is 0 Å². The summed E-state index contributed by atoms with van der Waals surface area (Å²) in [5, 5.41) is 12.9. The van der Waals surface area contributed by atoms with Crippen LogP contribution in [0.15, 0.2) is 36.4 Å². The molecule has 19 heavy (non-hydrogen) atoms. The molecule has 0 saturated heterocycles. The maximum Gasteiger partial charge on any atom is 0.255 e. The van der Waals surface area contributed by atoms with Crippen LogP contribution in [0.5, 0.6) is 5.75 Å². The molecule has 0 spiro atoms. The lowest BCUT2D eigenvalue weighted by Gasteiger charge is -2.08. The van der Waals surface area contributed by atoms with Crippen molar-refractivity contribution >= 4 is 23.2 Å². The number of amides is 1. The van der Waals surface area contributed by atoms with E-state index in [4.69, 9.17) is 11.6 Å². The van der Waals surface area contributed by atoms with Gasteiger partial charge in [-0.05, 0) is 43.2 Å². The molecule has 0 atom stereocenters. The molecule has 0 heterocycles. The Morgan fingerprint density at radius 1 is 1.11 bits per heavy atom. The first-order valence-corrected chi connectivity index (χ1v) is 6.22. The molecule has 0 aliphatic heterocycles. The normalized spacial score (nSPS) is 10.3. The summed E-state index contributed by atoms with van der Waals surface area (Å²) in [7, 11) is 0. The minimum absolute atomic E-state index is 0.153. The van der Waals surface area contributed by atoms with E-state index in [1.54, 1.807) is 37.3 Å². The average molecular weight is 276 g/mol. The summed E-state index contributed by atoms with van der Waals surface area (Å²) >= 11 is 5.99. The van der Waals surface area contributed by atoms with Gasteiger partial charge >= 0.3 is 0 Å². The number of carbonyl (C=O) groups is 1. The van der Waals surface area contributed by atoms with Crippen LogP contribution in [0.25, 0.3) is 0 Å². The van der Waals surface area contributed by atoms with Gasteiger partial charge in [0, 0.05) is 22.3 Å². The Bertz CT molecular complexity index is 638. The smallest absolute Gasteiger partial charge is 0.255 e. The molecule has 2 aromatic rings. The van der Waals surface area contributed by atoms with Gasteiger partial charge in [0.25, 0.3) is 5.91 Å². The molecule has 0 saturated carbocycles. The summed E-state index contributed by atoms with van der Waals surface area (Å²) in [4.78, 5) is 12.0. The van der Waals surface area contributed by atoms with Crippen molar-refractivity contribution in [3.8, 4) is 5.75 Å². The van der Waals surface area contributed by atoms with E-state index in [1.807, 2.05) is 6.92 Å². The number of hydrogen-bond acceptors (Lipinski definition) is 2. The second-order valence-electron chi connectivity index (χ2n) is 4.42. The van der Waals surface area contributed by atoms with Crippen LogP contribution in [0, 0.1) is 13.8 Å². The molecule has 0 aliphatic carbocycles. The Morgan fingerprint density at radius 3 is 2.42 bits per heavy atom. The SMILES string of the molecule is Cc1ccc(NC(=O)c2ccc(C)c(Cl)c2)cc1O. The zero-order chi connectivity index (χ0) is 14.0. The van der Waals surface area contributed by atoms with E-state index in [9.17, 15) is 9.90 Å². The van der Waals surface area contributed by atoms with Gasteiger partial charge in [0.2, 0.25) is 0 Å². The standard InChI is InChI=1S/C15H14ClNO2/c1-9-3-5-11(7-13(9)16)15(19)17-12-6-4-10(2)14(18)8-12/h3-8,18H,1-2H3,(H,17,19). The third kappa shape index (κ3) is 3.06. The molecule has 3 nitrogen and oxygen atoms in total. The fourth-order valence-corrected chi connectivity index (χ4v) is 1.81. The molecule has 0 fully saturated rings. The molecule has 0 bridgehead atoms. The van der Waals surface area contributed by atoms with Gasteiger partial charge in [-0.25, -0.2) is 0 Å². The van der Waals surface area contributed by atoms with Gasteiger partial charge < -0.3 is 10.4 Å². The van der Waals surface area contributed by atoms with Crippen LogP contribution in [0.1, 0.15) is 21.5 Å². The van der Waals surface area contributed by atoms with Crippen LogP contribution < -0.4 is 5.32 Å². The second kappa shape index (κ2) is 5.33. The van der Waals surface area contributed by atoms with Crippen LogP contribution in [-0.2, 0) is 0 Å². The van der Waals surface area contributed by atoms with E-state index in [0.717, 1.165) is 11.1 Å². The number of anilines is 1. The minimum atomic E-state index is -0.259. The largest absolute Gasteiger partial charge is 0.508 e. The average Bonchev–Trinajstić information content (AvgIpc) is 2.37. The maximum absolute atomic E-state index is 12.0. The van der Waals surface area contributed by atoms with E-state index < -0.39 is 0 Å². The Hall–Kier alpha value is -2.00. The van der Waals surface area contributed by atoms with Crippen molar-refractivity contribution in [2.75, 3.05) is 5.32 Å². The van der Waals surface area contributed by atoms with Crippen molar-refractivity contribution in [2.24, 2.45) is 0 Å². The van der Waals surface area contributed by atoms with Crippen molar-refractivity contribution < 1.29 is 9.90 Å². The van der Waals surface area contributed by atoms with Gasteiger partial charge in [0.05, 0.1) is 0 Å². The van der Waals surface area contributed by atoms with E-state index in [2.05, 4.69) is 5.32 Å². The quantitative estimate of drug-likeness (QED) is 0.873. The fraction of sp³-hybridized carbons (Fsp3) is 0.133. The predicted molar refractivity (Wildman–Crippen MR) is 77.0 cm³/mol. The van der Waals surface area contributed by atoms with Crippen LogP contribution >= 0.6 is 11.6 Å². The zero-order valence-electron chi connectivity index (χ0n) is 10.7. The Morgan fingerprint density at radius 2 is 1.79 bits per heavy atom. The summed E-state index contributed by atoms with van der Waals surface area (Å²) < 4.78 is 0. The highest BCUT2D eigenvalue weighted by Gasteiger charge is 2.08. The van der Waals surface area contributed by atoms with Gasteiger partial charge in [0.1, 0.15) is 5.75 Å². The van der Waals surface area contributed by atoms with E-state index in [1.165, 1.54) is 6.07 Å². The second-order valence-corrected chi connectivity index (χ2v) is 4.83. The number of phenolic OH excluding ortho intramolecular Hbond substituents is 1. The topological polar surface area (TPSA) is 49.3 Å².